The molecule has 0 unspecified atom stereocenters. The minimum absolute atomic E-state index is 0. The largest absolute Gasteiger partial charge is 1.00 e. The number of esters is 3. The highest BCUT2D eigenvalue weighted by Crippen LogP contribution is 2.27. The molecule has 7 nitrogen and oxygen atoms in total. The first-order chi connectivity index (χ1) is 14.8. The van der Waals surface area contributed by atoms with Crippen molar-refractivity contribution in [3.05, 3.63) is 0 Å². The zero-order valence-corrected chi connectivity index (χ0v) is 21.4. The topological polar surface area (TPSA) is 78.9 Å². The van der Waals surface area contributed by atoms with Crippen molar-refractivity contribution in [1.29, 1.82) is 0 Å². The molecule has 0 N–H and O–H groups in total. The fourth-order valence-corrected chi connectivity index (χ4v) is 3.97. The van der Waals surface area contributed by atoms with Crippen molar-refractivity contribution in [2.75, 3.05) is 26.2 Å². The van der Waals surface area contributed by atoms with E-state index in [0.717, 1.165) is 43.4 Å². The van der Waals surface area contributed by atoms with Crippen molar-refractivity contribution in [1.82, 2.24) is 0 Å². The number of quaternary nitrogens is 1. The van der Waals surface area contributed by atoms with Crippen LogP contribution in [0.1, 0.15) is 106 Å². The summed E-state index contributed by atoms with van der Waals surface area (Å²) in [6.07, 6.45) is 5.40. The Kier molecular flexibility index (Phi) is 18.3. The Bertz CT molecular complexity index is 473. The first-order valence-electron chi connectivity index (χ1n) is 12.3. The molecule has 186 valence electrons. The number of carbonyl (C=O) groups is 3. The van der Waals surface area contributed by atoms with Crippen LogP contribution in [0.2, 0.25) is 0 Å². The second kappa shape index (κ2) is 17.9. The van der Waals surface area contributed by atoms with E-state index in [-0.39, 0.29) is 34.1 Å². The second-order valence-corrected chi connectivity index (χ2v) is 8.34. The molecule has 8 heteroatoms. The van der Waals surface area contributed by atoms with E-state index in [1.165, 1.54) is 0 Å². The van der Waals surface area contributed by atoms with E-state index >= 15 is 0 Å². The van der Waals surface area contributed by atoms with Crippen LogP contribution in [0.15, 0.2) is 0 Å². The molecule has 0 heterocycles. The predicted octanol–water partition coefficient (Wildman–Crippen LogP) is 4.73. The van der Waals surface area contributed by atoms with E-state index < -0.39 is 23.9 Å². The van der Waals surface area contributed by atoms with Crippen molar-refractivity contribution in [3.63, 3.8) is 0 Å². The number of nitrogens with zero attached hydrogens (tertiary/aromatic N) is 1. The van der Waals surface area contributed by atoms with Gasteiger partial charge in [-0.05, 0) is 38.5 Å². The van der Waals surface area contributed by atoms with Crippen molar-refractivity contribution >= 4 is 26.3 Å². The van der Waals surface area contributed by atoms with E-state index in [0.29, 0.717) is 25.8 Å². The van der Waals surface area contributed by atoms with E-state index in [1.54, 1.807) is 0 Å². The van der Waals surface area contributed by atoms with Crippen LogP contribution in [-0.2, 0) is 28.6 Å². The van der Waals surface area contributed by atoms with Gasteiger partial charge in [0.2, 0.25) is 0 Å². The van der Waals surface area contributed by atoms with Gasteiger partial charge in [-0.25, -0.2) is 0 Å². The molecular formula is C24H46BNO6. The third kappa shape index (κ3) is 12.5. The van der Waals surface area contributed by atoms with Crippen molar-refractivity contribution in [3.8, 4) is 0 Å². The maximum atomic E-state index is 12.4. The van der Waals surface area contributed by atoms with E-state index in [1.807, 2.05) is 20.8 Å². The summed E-state index contributed by atoms with van der Waals surface area (Å²) in [5.74, 6) is -3.59. The van der Waals surface area contributed by atoms with Crippen LogP contribution < -0.4 is 0 Å². The fraction of sp³-hybridized carbons (Fsp3) is 0.875. The Balaban J connectivity index is 0. The molecule has 0 atom stereocenters. The van der Waals surface area contributed by atoms with Crippen LogP contribution in [0.25, 0.3) is 0 Å². The minimum atomic E-state index is -2.00. The zero-order valence-electron chi connectivity index (χ0n) is 21.4. The Hall–Kier alpha value is -1.57. The normalized spacial score (nSPS) is 11.4. The summed E-state index contributed by atoms with van der Waals surface area (Å²) in [5.41, 5.74) is 0. The van der Waals surface area contributed by atoms with Crippen LogP contribution >= 0.6 is 0 Å². The SMILES string of the molecule is CCCC(=O)OC(CC[N+](CCC)(CCC)CCC)(OC(=O)CCC)OC(=O)CCC.[B-]. The maximum Gasteiger partial charge on any atom is 0.429 e. The molecule has 0 aliphatic heterocycles. The Labute approximate surface area is 197 Å². The molecule has 0 saturated carbocycles. The van der Waals surface area contributed by atoms with Crippen LogP contribution in [0.5, 0.6) is 0 Å². The molecule has 0 aliphatic rings. The molecule has 0 aromatic rings. The summed E-state index contributed by atoms with van der Waals surface area (Å²) >= 11 is 0. The predicted molar refractivity (Wildman–Crippen MR) is 127 cm³/mol. The van der Waals surface area contributed by atoms with Gasteiger partial charge in [0.25, 0.3) is 0 Å². The second-order valence-electron chi connectivity index (χ2n) is 8.34. The van der Waals surface area contributed by atoms with Gasteiger partial charge in [0, 0.05) is 19.3 Å². The fourth-order valence-electron chi connectivity index (χ4n) is 3.97. The molecule has 0 aromatic heterocycles. The molecule has 0 aliphatic carbocycles. The molecular weight excluding hydrogens is 409 g/mol. The highest BCUT2D eigenvalue weighted by atomic mass is 16.9. The van der Waals surface area contributed by atoms with Gasteiger partial charge in [-0.3, -0.25) is 14.4 Å². The molecule has 0 fully saturated rings. The maximum absolute atomic E-state index is 12.4. The lowest BCUT2D eigenvalue weighted by Crippen LogP contribution is -2.54. The molecule has 0 amide bonds. The molecule has 0 rings (SSSR count). The number of carbonyl (C=O) groups excluding carboxylic acids is 3. The van der Waals surface area contributed by atoms with Gasteiger partial charge in [-0.1, -0.05) is 41.5 Å². The average Bonchev–Trinajstić information content (AvgIpc) is 2.67. The summed E-state index contributed by atoms with van der Waals surface area (Å²) in [7, 11) is 0. The van der Waals surface area contributed by atoms with Crippen LogP contribution in [-0.4, -0.2) is 63.0 Å². The van der Waals surface area contributed by atoms with E-state index in [9.17, 15) is 14.4 Å². The Morgan fingerprint density at radius 2 is 0.875 bits per heavy atom. The molecule has 32 heavy (non-hydrogen) atoms. The summed E-state index contributed by atoms with van der Waals surface area (Å²) < 4.78 is 17.6. The summed E-state index contributed by atoms with van der Waals surface area (Å²) in [6, 6.07) is 0. The van der Waals surface area contributed by atoms with Crippen LogP contribution in [0.4, 0.5) is 0 Å². The van der Waals surface area contributed by atoms with Gasteiger partial charge in [0.15, 0.2) is 0 Å². The first-order valence-corrected chi connectivity index (χ1v) is 12.3. The molecule has 0 saturated heterocycles. The lowest BCUT2D eigenvalue weighted by molar-refractivity contribution is -0.929. The highest BCUT2D eigenvalue weighted by Gasteiger charge is 2.46. The molecule has 0 spiro atoms. The standard InChI is InChI=1S/C24H46NO6.B/c1-7-13-21(26)29-24(30-22(27)14-8-2,31-23(28)15-9-3)16-20-25(17-10-4,18-11-5)19-12-6;/h7-20H2,1-6H3;/q+1;-1. The Morgan fingerprint density at radius 3 is 1.12 bits per heavy atom. The van der Waals surface area contributed by atoms with E-state index in [2.05, 4.69) is 20.8 Å². The van der Waals surface area contributed by atoms with Crippen molar-refractivity contribution in [2.45, 2.75) is 112 Å². The van der Waals surface area contributed by atoms with Crippen molar-refractivity contribution < 1.29 is 33.1 Å². The summed E-state index contributed by atoms with van der Waals surface area (Å²) in [6.45, 7) is 15.5. The Morgan fingerprint density at radius 1 is 0.562 bits per heavy atom. The average molecular weight is 455 g/mol. The number of hydrogen-bond acceptors (Lipinski definition) is 6. The highest BCUT2D eigenvalue weighted by molar-refractivity contribution is 5.75. The molecule has 0 aromatic carbocycles. The lowest BCUT2D eigenvalue weighted by atomic mass is 10.2. The molecule has 0 bridgehead atoms. The number of ether oxygens (including phenoxy) is 3. The number of rotatable bonds is 18. The van der Waals surface area contributed by atoms with Crippen LogP contribution in [0, 0.1) is 0 Å². The first kappa shape index (κ1) is 32.6. The van der Waals surface area contributed by atoms with Gasteiger partial charge in [0.05, 0.1) is 26.2 Å². The monoisotopic (exact) mass is 455 g/mol. The third-order valence-electron chi connectivity index (χ3n) is 5.16. The summed E-state index contributed by atoms with van der Waals surface area (Å²) in [4.78, 5) is 37.3. The van der Waals surface area contributed by atoms with Gasteiger partial charge < -0.3 is 27.1 Å². The van der Waals surface area contributed by atoms with Gasteiger partial charge >= 0.3 is 23.9 Å². The quantitative estimate of drug-likeness (QED) is 0.129. The van der Waals surface area contributed by atoms with Crippen molar-refractivity contribution in [2.24, 2.45) is 0 Å². The lowest BCUT2D eigenvalue weighted by Gasteiger charge is -2.41. The smallest absolute Gasteiger partial charge is 0.429 e. The zero-order chi connectivity index (χ0) is 23.8. The van der Waals surface area contributed by atoms with Crippen LogP contribution in [0.3, 0.4) is 0 Å². The van der Waals surface area contributed by atoms with Gasteiger partial charge in [-0.15, -0.1) is 0 Å². The third-order valence-corrected chi connectivity index (χ3v) is 5.16. The molecule has 4 radical (unpaired) electrons. The summed E-state index contributed by atoms with van der Waals surface area (Å²) in [5, 5.41) is 0. The van der Waals surface area contributed by atoms with Gasteiger partial charge in [-0.2, -0.15) is 0 Å². The van der Waals surface area contributed by atoms with Gasteiger partial charge in [0.1, 0.15) is 6.42 Å². The van der Waals surface area contributed by atoms with E-state index in [4.69, 9.17) is 14.2 Å². The number of hydrogen-bond donors (Lipinski definition) is 0. The minimum Gasteiger partial charge on any atom is -1.00 e.